The van der Waals surface area contributed by atoms with Crippen LogP contribution in [0.15, 0.2) is 0 Å². The molecule has 6 rings (SSSR count). The molecule has 0 amide bonds. The van der Waals surface area contributed by atoms with Gasteiger partial charge in [-0.05, 0) is 0 Å². The highest BCUT2D eigenvalue weighted by molar-refractivity contribution is 5.77. The third kappa shape index (κ3) is 0.707. The van der Waals surface area contributed by atoms with Crippen molar-refractivity contribution < 1.29 is 20.1 Å². The first-order chi connectivity index (χ1) is 11.1. The van der Waals surface area contributed by atoms with Crippen LogP contribution in [-0.4, -0.2) is 42.3 Å². The average molecular weight is 344 g/mol. The largest absolute Gasteiger partial charge is 0.235 e. The highest BCUT2D eigenvalue weighted by atomic mass is 16.7. The maximum Gasteiger partial charge on any atom is 0.163 e. The van der Waals surface area contributed by atoms with Gasteiger partial charge < -0.3 is 0 Å². The van der Waals surface area contributed by atoms with E-state index in [-0.39, 0.29) is 11.8 Å². The fourth-order valence-corrected chi connectivity index (χ4v) is 7.35. The van der Waals surface area contributed by atoms with E-state index in [0.29, 0.717) is 0 Å². The summed E-state index contributed by atoms with van der Waals surface area (Å²) in [6, 6.07) is 0. The molecule has 6 saturated carbocycles. The zero-order valence-corrected chi connectivity index (χ0v) is 11.4. The average Bonchev–Trinajstić information content (AvgIpc) is 2.40. The minimum atomic E-state index is -1.63. The van der Waals surface area contributed by atoms with Gasteiger partial charge in [0.2, 0.25) is 0 Å². The number of rotatable bonds is 8. The van der Waals surface area contributed by atoms with Crippen LogP contribution in [0.3, 0.4) is 0 Å². The smallest absolute Gasteiger partial charge is 0.163 e. The van der Waals surface area contributed by atoms with Crippen molar-refractivity contribution >= 4 is 0 Å². The SMILES string of the molecule is O=[N+]([O-])NC12C3C4C1C1(N[N+](=O)[O-])C4(N[N+](=O)[O-])C3C21N[N+](=O)[O-]. The van der Waals surface area contributed by atoms with E-state index in [2.05, 4.69) is 10.9 Å². The number of nitro groups is 4. The fraction of sp³-hybridized carbons (Fsp3) is 1.00. The van der Waals surface area contributed by atoms with Gasteiger partial charge in [0.25, 0.3) is 0 Å². The van der Waals surface area contributed by atoms with Crippen LogP contribution in [0.4, 0.5) is 0 Å². The normalized spacial score (nSPS) is 55.0. The summed E-state index contributed by atoms with van der Waals surface area (Å²) in [5.74, 6) is -2.11. The van der Waals surface area contributed by atoms with Crippen molar-refractivity contribution in [3.05, 3.63) is 40.5 Å². The van der Waals surface area contributed by atoms with Gasteiger partial charge in [-0.25, -0.2) is 40.5 Å². The monoisotopic (exact) mass is 344 g/mol. The molecule has 16 heteroatoms. The van der Waals surface area contributed by atoms with Gasteiger partial charge in [0.15, 0.2) is 31.2 Å². The molecule has 0 saturated heterocycles. The maximum absolute atomic E-state index is 11.0. The van der Waals surface area contributed by atoms with E-state index >= 15 is 0 Å². The van der Waals surface area contributed by atoms with Crippen molar-refractivity contribution in [3.8, 4) is 0 Å². The second kappa shape index (κ2) is 2.94. The lowest BCUT2D eigenvalue weighted by molar-refractivity contribution is -0.773. The third-order valence-corrected chi connectivity index (χ3v) is 7.09. The lowest BCUT2D eigenvalue weighted by atomic mass is 8.91. The molecule has 8 atom stereocenters. The summed E-state index contributed by atoms with van der Waals surface area (Å²) in [5.41, 5.74) is 2.27. The highest BCUT2D eigenvalue weighted by Gasteiger charge is 3.28. The topological polar surface area (TPSA) is 221 Å². The second-order valence-corrected chi connectivity index (χ2v) is 6.84. The molecular formula is C8H8N8O8. The van der Waals surface area contributed by atoms with E-state index in [1.807, 2.05) is 10.9 Å². The quantitative estimate of drug-likeness (QED) is 0.250. The van der Waals surface area contributed by atoms with Crippen LogP contribution in [0, 0.1) is 64.1 Å². The summed E-state index contributed by atoms with van der Waals surface area (Å²) in [5, 5.41) is 40.3. The van der Waals surface area contributed by atoms with Gasteiger partial charge in [0.05, 0.1) is 0 Å². The molecule has 4 N–H and O–H groups in total. The van der Waals surface area contributed by atoms with Gasteiger partial charge in [0, 0.05) is 23.7 Å². The molecule has 128 valence electrons. The molecule has 8 unspecified atom stereocenters. The molecule has 0 aromatic carbocycles. The molecule has 0 radical (unpaired) electrons. The predicted octanol–water partition coefficient (Wildman–Crippen LogP) is -3.40. The molecule has 0 bridgehead atoms. The Balaban J connectivity index is 1.61. The first-order valence-corrected chi connectivity index (χ1v) is 6.84. The van der Waals surface area contributed by atoms with Crippen LogP contribution < -0.4 is 21.7 Å². The molecule has 0 spiro atoms. The first-order valence-electron chi connectivity index (χ1n) is 6.84. The second-order valence-electron chi connectivity index (χ2n) is 6.84. The molecule has 6 aliphatic rings. The van der Waals surface area contributed by atoms with Crippen molar-refractivity contribution in [1.82, 2.24) is 21.7 Å². The van der Waals surface area contributed by atoms with Crippen LogP contribution in [0.2, 0.25) is 0 Å². The van der Waals surface area contributed by atoms with Crippen LogP contribution in [0.5, 0.6) is 0 Å². The molecule has 0 heterocycles. The number of hydrogen-bond donors (Lipinski definition) is 4. The molecular weight excluding hydrogens is 336 g/mol. The fourth-order valence-electron chi connectivity index (χ4n) is 7.35. The summed E-state index contributed by atoms with van der Waals surface area (Å²) in [6.45, 7) is 0. The Labute approximate surface area is 129 Å². The van der Waals surface area contributed by atoms with E-state index in [1.54, 1.807) is 0 Å². The maximum atomic E-state index is 11.0. The van der Waals surface area contributed by atoms with E-state index < -0.39 is 54.1 Å². The van der Waals surface area contributed by atoms with E-state index in [9.17, 15) is 40.5 Å². The highest BCUT2D eigenvalue weighted by Crippen LogP contribution is 3.05. The van der Waals surface area contributed by atoms with Crippen molar-refractivity contribution in [2.45, 2.75) is 22.2 Å². The van der Waals surface area contributed by atoms with Crippen molar-refractivity contribution in [3.63, 3.8) is 0 Å². The zero-order valence-electron chi connectivity index (χ0n) is 11.4. The van der Waals surface area contributed by atoms with Crippen LogP contribution >= 0.6 is 0 Å². The van der Waals surface area contributed by atoms with Gasteiger partial charge in [-0.2, -0.15) is 0 Å². The summed E-state index contributed by atoms with van der Waals surface area (Å²) in [4.78, 5) is 43.8. The van der Waals surface area contributed by atoms with Crippen molar-refractivity contribution in [2.24, 2.45) is 23.7 Å². The Bertz CT molecular complexity index is 726. The summed E-state index contributed by atoms with van der Waals surface area (Å²) >= 11 is 0. The predicted molar refractivity (Wildman–Crippen MR) is 65.4 cm³/mol. The standard InChI is InChI=1S/C8H8N8O8/c17-13(18)9-5-1-2-4(5)8(12-16(23)24)6(2,10-14(19)20)3(1)7(5,8)11-15(21)22/h1-4,9-12H. The molecule has 6 fully saturated rings. The van der Waals surface area contributed by atoms with E-state index in [4.69, 9.17) is 0 Å². The van der Waals surface area contributed by atoms with Gasteiger partial charge in [-0.15, -0.1) is 21.7 Å². The Morgan fingerprint density at radius 2 is 0.875 bits per heavy atom. The van der Waals surface area contributed by atoms with Crippen LogP contribution in [-0.2, 0) is 0 Å². The Hall–Kier alpha value is -3.20. The van der Waals surface area contributed by atoms with Crippen molar-refractivity contribution in [1.29, 1.82) is 0 Å². The van der Waals surface area contributed by atoms with Crippen molar-refractivity contribution in [2.75, 3.05) is 0 Å². The number of hydrogen-bond acceptors (Lipinski definition) is 8. The van der Waals surface area contributed by atoms with Gasteiger partial charge in [-0.3, -0.25) is 0 Å². The van der Waals surface area contributed by atoms with Crippen LogP contribution in [0.1, 0.15) is 0 Å². The minimum Gasteiger partial charge on any atom is -0.235 e. The minimum absolute atomic E-state index is 0.372. The molecule has 24 heavy (non-hydrogen) atoms. The number of hydrazine groups is 4. The Morgan fingerprint density at radius 1 is 0.583 bits per heavy atom. The summed E-state index contributed by atoms with van der Waals surface area (Å²) in [6.07, 6.45) is 0. The van der Waals surface area contributed by atoms with Gasteiger partial charge in [-0.1, -0.05) is 0 Å². The molecule has 0 aromatic rings. The van der Waals surface area contributed by atoms with Gasteiger partial charge in [0.1, 0.15) is 11.1 Å². The molecule has 0 aromatic heterocycles. The first kappa shape index (κ1) is 13.3. The molecule has 16 nitrogen and oxygen atoms in total. The lowest BCUT2D eigenvalue weighted by Gasteiger charge is -3.11. The molecule has 6 aliphatic carbocycles. The number of nitrogens with one attached hydrogen (secondary N) is 4. The zero-order chi connectivity index (χ0) is 17.4. The van der Waals surface area contributed by atoms with E-state index in [0.717, 1.165) is 0 Å². The summed E-state index contributed by atoms with van der Waals surface area (Å²) < 4.78 is 0. The Kier molecular flexibility index (Phi) is 1.62. The summed E-state index contributed by atoms with van der Waals surface area (Å²) in [7, 11) is 0. The Morgan fingerprint density at radius 3 is 1.12 bits per heavy atom. The van der Waals surface area contributed by atoms with Crippen LogP contribution in [0.25, 0.3) is 0 Å². The van der Waals surface area contributed by atoms with Gasteiger partial charge >= 0.3 is 0 Å². The van der Waals surface area contributed by atoms with E-state index in [1.165, 1.54) is 0 Å². The lowest BCUT2D eigenvalue weighted by Crippen LogP contribution is -3.36. The third-order valence-electron chi connectivity index (χ3n) is 7.09. The number of nitrogens with zero attached hydrogens (tertiary/aromatic N) is 4. The molecule has 0 aliphatic heterocycles.